The number of halogens is 3. The summed E-state index contributed by atoms with van der Waals surface area (Å²) in [5.41, 5.74) is 0.801. The summed E-state index contributed by atoms with van der Waals surface area (Å²) in [7, 11) is 0. The van der Waals surface area contributed by atoms with E-state index in [9.17, 15) is 18.3 Å². The van der Waals surface area contributed by atoms with Crippen LogP contribution >= 0.6 is 0 Å². The number of aromatic nitrogens is 3. The van der Waals surface area contributed by atoms with E-state index in [1.165, 1.54) is 6.92 Å². The van der Waals surface area contributed by atoms with Crippen molar-refractivity contribution in [1.29, 1.82) is 0 Å². The molecule has 1 fully saturated rings. The fourth-order valence-corrected chi connectivity index (χ4v) is 4.30. The van der Waals surface area contributed by atoms with Crippen LogP contribution in [0.15, 0.2) is 30.5 Å². The predicted octanol–water partition coefficient (Wildman–Crippen LogP) is 5.25. The Labute approximate surface area is 179 Å². The van der Waals surface area contributed by atoms with Crippen molar-refractivity contribution in [3.05, 3.63) is 41.6 Å². The van der Waals surface area contributed by atoms with E-state index < -0.39 is 17.5 Å². The van der Waals surface area contributed by atoms with Gasteiger partial charge >= 0.3 is 6.18 Å². The van der Waals surface area contributed by atoms with Crippen LogP contribution in [0.2, 0.25) is 0 Å². The Morgan fingerprint density at radius 1 is 1.16 bits per heavy atom. The van der Waals surface area contributed by atoms with Crippen LogP contribution in [-0.4, -0.2) is 43.4 Å². The molecule has 1 saturated heterocycles. The van der Waals surface area contributed by atoms with Gasteiger partial charge in [0.25, 0.3) is 0 Å². The number of rotatable bonds is 3. The number of hydrogen-bond donors (Lipinski definition) is 1. The molecule has 31 heavy (non-hydrogen) atoms. The maximum Gasteiger partial charge on any atom is 0.416 e. The number of phenols is 1. The topological polar surface area (TPSA) is 54.2 Å². The van der Waals surface area contributed by atoms with Crippen LogP contribution in [0.4, 0.5) is 13.2 Å². The van der Waals surface area contributed by atoms with E-state index in [1.807, 2.05) is 16.9 Å². The average molecular weight is 432 g/mol. The summed E-state index contributed by atoms with van der Waals surface area (Å²) < 4.78 is 40.9. The number of aromatic hydroxyl groups is 1. The van der Waals surface area contributed by atoms with Crippen molar-refractivity contribution in [2.24, 2.45) is 5.92 Å². The van der Waals surface area contributed by atoms with Crippen LogP contribution in [0.25, 0.3) is 22.3 Å². The quantitative estimate of drug-likeness (QED) is 0.614. The molecule has 4 rings (SSSR count). The second-order valence-corrected chi connectivity index (χ2v) is 9.42. The fourth-order valence-electron chi connectivity index (χ4n) is 4.30. The third-order valence-electron chi connectivity index (χ3n) is 5.99. The molecule has 0 bridgehead atoms. The smallest absolute Gasteiger partial charge is 0.416 e. The van der Waals surface area contributed by atoms with Gasteiger partial charge in [-0.25, -0.2) is 4.98 Å². The molecular formula is C23H27F3N4O. The Morgan fingerprint density at radius 2 is 1.90 bits per heavy atom. The highest BCUT2D eigenvalue weighted by molar-refractivity contribution is 5.80. The molecule has 0 saturated carbocycles. The number of pyridine rings is 1. The summed E-state index contributed by atoms with van der Waals surface area (Å²) in [4.78, 5) is 7.00. The minimum Gasteiger partial charge on any atom is -0.507 e. The molecule has 2 aromatic heterocycles. The van der Waals surface area contributed by atoms with Crippen LogP contribution in [0.5, 0.6) is 5.75 Å². The summed E-state index contributed by atoms with van der Waals surface area (Å²) >= 11 is 0. The zero-order valence-electron chi connectivity index (χ0n) is 18.2. The van der Waals surface area contributed by atoms with E-state index >= 15 is 0 Å². The molecule has 0 aliphatic carbocycles. The standard InChI is InChI=1S/C23H27F3N4O/c1-14-9-17(23(24,25)26)10-19(31)20(14)18-6-5-16-13-30(28-21(16)27-18)12-15-7-8-29(11-15)22(2,3)4/h5-6,9-10,13,15,31H,7-8,11-12H2,1-4H3. The molecule has 1 aliphatic heterocycles. The monoisotopic (exact) mass is 432 g/mol. The summed E-state index contributed by atoms with van der Waals surface area (Å²) in [5, 5.41) is 15.7. The van der Waals surface area contributed by atoms with Crippen molar-refractivity contribution in [1.82, 2.24) is 19.7 Å². The van der Waals surface area contributed by atoms with E-state index in [1.54, 1.807) is 6.07 Å². The lowest BCUT2D eigenvalue weighted by Gasteiger charge is -2.31. The third-order valence-corrected chi connectivity index (χ3v) is 5.99. The summed E-state index contributed by atoms with van der Waals surface area (Å²) in [6, 6.07) is 5.32. The van der Waals surface area contributed by atoms with E-state index in [4.69, 9.17) is 0 Å². The molecule has 5 nitrogen and oxygen atoms in total. The number of fused-ring (bicyclic) bond motifs is 1. The van der Waals surface area contributed by atoms with Gasteiger partial charge in [0.15, 0.2) is 5.65 Å². The van der Waals surface area contributed by atoms with Crippen molar-refractivity contribution in [3.8, 4) is 17.0 Å². The van der Waals surface area contributed by atoms with Crippen molar-refractivity contribution < 1.29 is 18.3 Å². The highest BCUT2D eigenvalue weighted by Crippen LogP contribution is 2.38. The summed E-state index contributed by atoms with van der Waals surface area (Å²) in [5.74, 6) is 0.0704. The summed E-state index contributed by atoms with van der Waals surface area (Å²) in [6.45, 7) is 11.1. The predicted molar refractivity (Wildman–Crippen MR) is 114 cm³/mol. The zero-order chi connectivity index (χ0) is 22.6. The van der Waals surface area contributed by atoms with E-state index in [-0.39, 0.29) is 5.54 Å². The van der Waals surface area contributed by atoms with Gasteiger partial charge in [0.2, 0.25) is 0 Å². The van der Waals surface area contributed by atoms with Crippen molar-refractivity contribution in [2.45, 2.75) is 52.4 Å². The van der Waals surface area contributed by atoms with Gasteiger partial charge < -0.3 is 5.11 Å². The first-order valence-corrected chi connectivity index (χ1v) is 10.4. The first kappa shape index (κ1) is 21.6. The Balaban J connectivity index is 1.59. The molecule has 0 spiro atoms. The second-order valence-electron chi connectivity index (χ2n) is 9.42. The van der Waals surface area contributed by atoms with Crippen LogP contribution in [0, 0.1) is 12.8 Å². The normalized spacial score (nSPS) is 18.2. The molecule has 3 aromatic rings. The highest BCUT2D eigenvalue weighted by Gasteiger charge is 2.32. The van der Waals surface area contributed by atoms with Crippen molar-refractivity contribution >= 4 is 11.0 Å². The summed E-state index contributed by atoms with van der Waals surface area (Å²) in [6.07, 6.45) is -1.45. The molecule has 166 valence electrons. The molecule has 1 aromatic carbocycles. The number of hydrogen-bond acceptors (Lipinski definition) is 4. The number of aryl methyl sites for hydroxylation is 1. The first-order chi connectivity index (χ1) is 14.4. The van der Waals surface area contributed by atoms with Crippen molar-refractivity contribution in [2.75, 3.05) is 13.1 Å². The van der Waals surface area contributed by atoms with Gasteiger partial charge in [-0.2, -0.15) is 18.3 Å². The number of benzene rings is 1. The van der Waals surface area contributed by atoms with Gasteiger partial charge in [-0.05, 0) is 76.4 Å². The molecule has 0 amide bonds. The van der Waals surface area contributed by atoms with Gasteiger partial charge in [0.1, 0.15) is 5.75 Å². The first-order valence-electron chi connectivity index (χ1n) is 10.4. The van der Waals surface area contributed by atoms with Gasteiger partial charge in [0.05, 0.1) is 11.3 Å². The third kappa shape index (κ3) is 4.39. The second kappa shape index (κ2) is 7.51. The van der Waals surface area contributed by atoms with Crippen LogP contribution in [0.1, 0.15) is 38.3 Å². The number of phenolic OH excluding ortho intramolecular Hbond substituents is 1. The van der Waals surface area contributed by atoms with Crippen LogP contribution in [-0.2, 0) is 12.7 Å². The number of alkyl halides is 3. The lowest BCUT2D eigenvalue weighted by atomic mass is 10.00. The van der Waals surface area contributed by atoms with E-state index in [2.05, 4.69) is 35.8 Å². The van der Waals surface area contributed by atoms with E-state index in [0.29, 0.717) is 28.4 Å². The van der Waals surface area contributed by atoms with Gasteiger partial charge in [-0.3, -0.25) is 9.58 Å². The Kier molecular flexibility index (Phi) is 5.24. The SMILES string of the molecule is Cc1cc(C(F)(F)F)cc(O)c1-c1ccc2cn(CC3CCN(C(C)(C)C)C3)nc2n1. The Bertz CT molecular complexity index is 1090. The van der Waals surface area contributed by atoms with Crippen LogP contribution in [0.3, 0.4) is 0 Å². The van der Waals surface area contributed by atoms with Gasteiger partial charge in [-0.1, -0.05) is 0 Å². The van der Waals surface area contributed by atoms with Crippen molar-refractivity contribution in [3.63, 3.8) is 0 Å². The Morgan fingerprint density at radius 3 is 2.52 bits per heavy atom. The maximum atomic E-state index is 13.0. The molecule has 1 aliphatic rings. The van der Waals surface area contributed by atoms with Crippen LogP contribution < -0.4 is 0 Å². The number of likely N-dealkylation sites (tertiary alicyclic amines) is 1. The minimum atomic E-state index is -4.51. The average Bonchev–Trinajstić information content (AvgIpc) is 3.26. The molecule has 8 heteroatoms. The zero-order valence-corrected chi connectivity index (χ0v) is 18.2. The maximum absolute atomic E-state index is 13.0. The largest absolute Gasteiger partial charge is 0.507 e. The molecule has 0 radical (unpaired) electrons. The van der Waals surface area contributed by atoms with Gasteiger partial charge in [0, 0.05) is 35.8 Å². The highest BCUT2D eigenvalue weighted by atomic mass is 19.4. The lowest BCUT2D eigenvalue weighted by molar-refractivity contribution is -0.137. The Hall–Kier alpha value is -2.61. The van der Waals surface area contributed by atoms with Gasteiger partial charge in [-0.15, -0.1) is 0 Å². The number of nitrogens with zero attached hydrogens (tertiary/aromatic N) is 4. The molecule has 1 atom stereocenters. The fraction of sp³-hybridized carbons (Fsp3) is 0.478. The minimum absolute atomic E-state index is 0.154. The molecular weight excluding hydrogens is 405 g/mol. The lowest BCUT2D eigenvalue weighted by Crippen LogP contribution is -2.39. The molecule has 3 heterocycles. The molecule has 1 N–H and O–H groups in total. The molecule has 1 unspecified atom stereocenters. The van der Waals surface area contributed by atoms with E-state index in [0.717, 1.165) is 43.6 Å².